The lowest BCUT2D eigenvalue weighted by Gasteiger charge is -2.10. The minimum Gasteiger partial charge on any atom is -0.465 e. The van der Waals surface area contributed by atoms with Gasteiger partial charge >= 0.3 is 5.97 Å². The average molecular weight is 226 g/mol. The summed E-state index contributed by atoms with van der Waals surface area (Å²) in [5, 5.41) is 1.14. The average Bonchev–Trinajstić information content (AvgIpc) is 2.19. The molecule has 0 aromatic heterocycles. The number of carbonyl (C=O) groups is 1. The molecule has 2 nitrogen and oxygen atoms in total. The van der Waals surface area contributed by atoms with Crippen molar-refractivity contribution in [2.75, 3.05) is 7.11 Å². The molecule has 4 heteroatoms. The van der Waals surface area contributed by atoms with Crippen LogP contribution in [-0.2, 0) is 4.74 Å². The number of aryl methyl sites for hydroxylation is 1. The molecule has 0 saturated heterocycles. The molecule has 1 aromatic carbocycles. The van der Waals surface area contributed by atoms with Gasteiger partial charge in [0.2, 0.25) is 0 Å². The lowest BCUT2D eigenvalue weighted by Crippen LogP contribution is -2.19. The molecule has 0 saturated carbocycles. The fourth-order valence-electron chi connectivity index (χ4n) is 1.15. The predicted octanol–water partition coefficient (Wildman–Crippen LogP) is 1.54. The standard InChI is InChI=1S/C10H10ClO2Si/c1-5-4-7(10(12)13-3)9(14)8(11)6(5)2/h4H,1-3H3. The second kappa shape index (κ2) is 4.15. The highest BCUT2D eigenvalue weighted by Gasteiger charge is 2.14. The molecule has 3 radical (unpaired) electrons. The van der Waals surface area contributed by atoms with E-state index in [4.69, 9.17) is 11.6 Å². The number of methoxy groups -OCH3 is 1. The zero-order chi connectivity index (χ0) is 10.9. The van der Waals surface area contributed by atoms with E-state index in [-0.39, 0.29) is 5.97 Å². The third kappa shape index (κ3) is 1.83. The largest absolute Gasteiger partial charge is 0.465 e. The molecule has 0 atom stereocenters. The SMILES string of the molecule is COC(=O)c1cc(C)c(C)c(Cl)c1[Si]. The first kappa shape index (κ1) is 11.3. The smallest absolute Gasteiger partial charge is 0.337 e. The number of carbonyl (C=O) groups excluding carboxylic acids is 1. The van der Waals surface area contributed by atoms with Crippen LogP contribution in [0.15, 0.2) is 6.07 Å². The zero-order valence-corrected chi connectivity index (χ0v) is 10.0. The van der Waals surface area contributed by atoms with Crippen LogP contribution in [0.4, 0.5) is 0 Å². The van der Waals surface area contributed by atoms with E-state index in [0.717, 1.165) is 11.1 Å². The Kier molecular flexibility index (Phi) is 3.34. The van der Waals surface area contributed by atoms with Gasteiger partial charge in [0.1, 0.15) is 0 Å². The molecule has 0 fully saturated rings. The molecule has 0 heterocycles. The molecule has 0 unspecified atom stereocenters. The summed E-state index contributed by atoms with van der Waals surface area (Å²) in [6.45, 7) is 3.81. The summed E-state index contributed by atoms with van der Waals surface area (Å²) in [5.74, 6) is -0.389. The Hall–Kier alpha value is -0.803. The van der Waals surface area contributed by atoms with Crippen molar-refractivity contribution >= 4 is 33.0 Å². The first-order chi connectivity index (χ1) is 6.49. The maximum atomic E-state index is 11.3. The highest BCUT2D eigenvalue weighted by atomic mass is 35.5. The van der Waals surface area contributed by atoms with Crippen LogP contribution in [0, 0.1) is 13.8 Å². The lowest BCUT2D eigenvalue weighted by molar-refractivity contribution is 0.0602. The molecule has 0 aliphatic carbocycles. The molecule has 1 rings (SSSR count). The number of benzene rings is 1. The van der Waals surface area contributed by atoms with E-state index in [0.29, 0.717) is 15.8 Å². The van der Waals surface area contributed by atoms with Crippen molar-refractivity contribution in [1.29, 1.82) is 0 Å². The second-order valence-corrected chi connectivity index (χ2v) is 3.92. The van der Waals surface area contributed by atoms with Crippen LogP contribution >= 0.6 is 11.6 Å². The van der Waals surface area contributed by atoms with Gasteiger partial charge < -0.3 is 4.74 Å². The van der Waals surface area contributed by atoms with Crippen LogP contribution in [0.25, 0.3) is 0 Å². The zero-order valence-electron chi connectivity index (χ0n) is 8.27. The summed E-state index contributed by atoms with van der Waals surface area (Å²) in [7, 11) is 4.67. The third-order valence-corrected chi connectivity index (χ3v) is 3.33. The van der Waals surface area contributed by atoms with E-state index in [1.165, 1.54) is 7.11 Å². The molecule has 0 aliphatic heterocycles. The second-order valence-electron chi connectivity index (χ2n) is 3.05. The number of rotatable bonds is 1. The summed E-state index contributed by atoms with van der Waals surface area (Å²) in [4.78, 5) is 11.3. The normalized spacial score (nSPS) is 10.1. The van der Waals surface area contributed by atoms with Gasteiger partial charge in [0.05, 0.1) is 22.9 Å². The maximum absolute atomic E-state index is 11.3. The van der Waals surface area contributed by atoms with Crippen molar-refractivity contribution in [1.82, 2.24) is 0 Å². The molecular formula is C10H10ClO2Si. The number of esters is 1. The van der Waals surface area contributed by atoms with E-state index < -0.39 is 0 Å². The minimum atomic E-state index is -0.389. The van der Waals surface area contributed by atoms with Crippen molar-refractivity contribution in [2.45, 2.75) is 13.8 Å². The van der Waals surface area contributed by atoms with E-state index in [1.807, 2.05) is 13.8 Å². The topological polar surface area (TPSA) is 26.3 Å². The molecule has 0 N–H and O–H groups in total. The molecule has 1 aromatic rings. The van der Waals surface area contributed by atoms with Crippen LogP contribution < -0.4 is 5.19 Å². The van der Waals surface area contributed by atoms with Gasteiger partial charge in [-0.1, -0.05) is 11.6 Å². The van der Waals surface area contributed by atoms with Gasteiger partial charge in [-0.05, 0) is 36.2 Å². The van der Waals surface area contributed by atoms with Crippen LogP contribution in [0.1, 0.15) is 21.5 Å². The molecule has 0 amide bonds. The summed E-state index contributed by atoms with van der Waals surface area (Å²) < 4.78 is 4.64. The van der Waals surface area contributed by atoms with Gasteiger partial charge in [-0.3, -0.25) is 0 Å². The molecule has 0 bridgehead atoms. The molecule has 73 valence electrons. The van der Waals surface area contributed by atoms with E-state index in [2.05, 4.69) is 15.0 Å². The summed E-state index contributed by atoms with van der Waals surface area (Å²) in [6, 6.07) is 1.76. The maximum Gasteiger partial charge on any atom is 0.337 e. The van der Waals surface area contributed by atoms with Crippen LogP contribution in [0.3, 0.4) is 0 Å². The molecule has 0 spiro atoms. The van der Waals surface area contributed by atoms with Crippen LogP contribution in [0.2, 0.25) is 5.02 Å². The van der Waals surface area contributed by atoms with Crippen molar-refractivity contribution in [2.24, 2.45) is 0 Å². The Labute approximate surface area is 91.6 Å². The van der Waals surface area contributed by atoms with E-state index >= 15 is 0 Å². The van der Waals surface area contributed by atoms with Gasteiger partial charge in [-0.25, -0.2) is 4.79 Å². The fourth-order valence-corrected chi connectivity index (χ4v) is 1.76. The first-order valence-corrected chi connectivity index (χ1v) is 4.96. The summed E-state index contributed by atoms with van der Waals surface area (Å²) in [5.41, 5.74) is 2.39. The third-order valence-electron chi connectivity index (χ3n) is 2.18. The summed E-state index contributed by atoms with van der Waals surface area (Å²) >= 11 is 6.03. The fraction of sp³-hybridized carbons (Fsp3) is 0.300. The van der Waals surface area contributed by atoms with Gasteiger partial charge in [0, 0.05) is 5.02 Å². The highest BCUT2D eigenvalue weighted by molar-refractivity contribution is 6.47. The van der Waals surface area contributed by atoms with E-state index in [9.17, 15) is 4.79 Å². The van der Waals surface area contributed by atoms with Gasteiger partial charge in [-0.15, -0.1) is 0 Å². The van der Waals surface area contributed by atoms with Crippen molar-refractivity contribution in [3.05, 3.63) is 27.8 Å². The Morgan fingerprint density at radius 3 is 2.57 bits per heavy atom. The quantitative estimate of drug-likeness (QED) is 0.536. The number of hydrogen-bond acceptors (Lipinski definition) is 2. The lowest BCUT2D eigenvalue weighted by atomic mass is 10.1. The monoisotopic (exact) mass is 225 g/mol. The van der Waals surface area contributed by atoms with Gasteiger partial charge in [0.15, 0.2) is 0 Å². The summed E-state index contributed by atoms with van der Waals surface area (Å²) in [6.07, 6.45) is 0. The Bertz CT molecular complexity index is 388. The highest BCUT2D eigenvalue weighted by Crippen LogP contribution is 2.18. The van der Waals surface area contributed by atoms with Crippen LogP contribution in [0.5, 0.6) is 0 Å². The Morgan fingerprint density at radius 1 is 1.50 bits per heavy atom. The van der Waals surface area contributed by atoms with Gasteiger partial charge in [0.25, 0.3) is 0 Å². The van der Waals surface area contributed by atoms with Crippen molar-refractivity contribution in [3.63, 3.8) is 0 Å². The van der Waals surface area contributed by atoms with Crippen molar-refractivity contribution < 1.29 is 9.53 Å². The Morgan fingerprint density at radius 2 is 2.07 bits per heavy atom. The number of hydrogen-bond donors (Lipinski definition) is 0. The first-order valence-electron chi connectivity index (χ1n) is 4.08. The van der Waals surface area contributed by atoms with Crippen LogP contribution in [-0.4, -0.2) is 23.3 Å². The minimum absolute atomic E-state index is 0.389. The number of halogens is 1. The number of ether oxygens (including phenoxy) is 1. The molecular weight excluding hydrogens is 216 g/mol. The molecule has 0 aliphatic rings. The van der Waals surface area contributed by atoms with E-state index in [1.54, 1.807) is 6.07 Å². The molecule has 14 heavy (non-hydrogen) atoms. The Balaban J connectivity index is 3.40. The predicted molar refractivity (Wildman–Crippen MR) is 57.7 cm³/mol. The van der Waals surface area contributed by atoms with Crippen molar-refractivity contribution in [3.8, 4) is 0 Å². The van der Waals surface area contributed by atoms with Gasteiger partial charge in [-0.2, -0.15) is 0 Å².